The van der Waals surface area contributed by atoms with Crippen LogP contribution < -0.4 is 4.90 Å². The smallest absolute Gasteiger partial charge is 0.240 e. The third-order valence-corrected chi connectivity index (χ3v) is 4.42. The fraction of sp³-hybridized carbons (Fsp3) is 0.538. The number of aromatic nitrogens is 2. The van der Waals surface area contributed by atoms with Crippen LogP contribution in [0.25, 0.3) is 0 Å². The van der Waals surface area contributed by atoms with Crippen molar-refractivity contribution in [1.82, 2.24) is 9.78 Å². The van der Waals surface area contributed by atoms with Gasteiger partial charge in [0, 0.05) is 25.5 Å². The minimum atomic E-state index is 0.0654. The molecule has 2 rings (SSSR count). The third kappa shape index (κ3) is 2.96. The molecule has 0 spiro atoms. The highest BCUT2D eigenvalue weighted by atomic mass is 32.2. The predicted octanol–water partition coefficient (Wildman–Crippen LogP) is 2.22. The molecule has 0 aliphatic carbocycles. The maximum atomic E-state index is 12.4. The van der Waals surface area contributed by atoms with Gasteiger partial charge in [0.25, 0.3) is 0 Å². The van der Waals surface area contributed by atoms with Crippen molar-refractivity contribution in [1.29, 1.82) is 0 Å². The molecule has 98 valence electrons. The summed E-state index contributed by atoms with van der Waals surface area (Å²) in [7, 11) is 1.87. The number of hydrogen-bond acceptors (Lipinski definition) is 3. The average molecular weight is 265 g/mol. The van der Waals surface area contributed by atoms with Gasteiger partial charge in [-0.1, -0.05) is 12.2 Å². The lowest BCUT2D eigenvalue weighted by molar-refractivity contribution is -0.119. The first-order chi connectivity index (χ1) is 8.58. The molecular weight excluding hydrogens is 246 g/mol. The van der Waals surface area contributed by atoms with Gasteiger partial charge in [-0.05, 0) is 19.8 Å². The molecule has 5 heteroatoms. The molecule has 0 saturated carbocycles. The lowest BCUT2D eigenvalue weighted by Crippen LogP contribution is -2.43. The van der Waals surface area contributed by atoms with E-state index in [4.69, 9.17) is 0 Å². The van der Waals surface area contributed by atoms with E-state index in [1.54, 1.807) is 22.6 Å². The summed E-state index contributed by atoms with van der Waals surface area (Å²) < 4.78 is 1.73. The Morgan fingerprint density at radius 1 is 1.67 bits per heavy atom. The number of anilines is 1. The minimum Gasteiger partial charge on any atom is -0.309 e. The van der Waals surface area contributed by atoms with Gasteiger partial charge in [0.05, 0.1) is 17.1 Å². The van der Waals surface area contributed by atoms with Crippen LogP contribution in [0.4, 0.5) is 5.69 Å². The van der Waals surface area contributed by atoms with Crippen LogP contribution in [0.1, 0.15) is 19.8 Å². The Hall–Kier alpha value is -1.23. The molecule has 1 aromatic heterocycles. The molecule has 1 atom stereocenters. The number of nitrogens with zero attached hydrogens (tertiary/aromatic N) is 3. The summed E-state index contributed by atoms with van der Waals surface area (Å²) >= 11 is 1.70. The van der Waals surface area contributed by atoms with Gasteiger partial charge in [0.2, 0.25) is 5.91 Å². The molecule has 1 amide bonds. The number of hydrogen-bond donors (Lipinski definition) is 0. The van der Waals surface area contributed by atoms with Crippen molar-refractivity contribution in [2.24, 2.45) is 7.05 Å². The fourth-order valence-corrected chi connectivity index (χ4v) is 3.13. The Labute approximate surface area is 112 Å². The van der Waals surface area contributed by atoms with E-state index in [1.165, 1.54) is 0 Å². The second kappa shape index (κ2) is 5.61. The summed E-state index contributed by atoms with van der Waals surface area (Å²) in [6.45, 7) is 6.69. The second-order valence-electron chi connectivity index (χ2n) is 4.76. The van der Waals surface area contributed by atoms with E-state index in [0.29, 0.717) is 0 Å². The Morgan fingerprint density at radius 3 is 3.06 bits per heavy atom. The zero-order chi connectivity index (χ0) is 13.1. The summed E-state index contributed by atoms with van der Waals surface area (Å²) in [4.78, 5) is 14.2. The molecule has 0 radical (unpaired) electrons. The molecule has 4 nitrogen and oxygen atoms in total. The number of carbonyl (C=O) groups excluding carboxylic acids is 1. The van der Waals surface area contributed by atoms with Crippen LogP contribution in [0.3, 0.4) is 0 Å². The van der Waals surface area contributed by atoms with Gasteiger partial charge in [-0.3, -0.25) is 9.48 Å². The Bertz CT molecular complexity index is 455. The molecule has 18 heavy (non-hydrogen) atoms. The minimum absolute atomic E-state index is 0.0654. The maximum absolute atomic E-state index is 12.4. The lowest BCUT2D eigenvalue weighted by atomic mass is 10.1. The first-order valence-electron chi connectivity index (χ1n) is 6.14. The fourth-order valence-electron chi connectivity index (χ4n) is 2.04. The van der Waals surface area contributed by atoms with E-state index in [0.717, 1.165) is 36.4 Å². The van der Waals surface area contributed by atoms with E-state index in [9.17, 15) is 4.79 Å². The van der Waals surface area contributed by atoms with Crippen molar-refractivity contribution in [3.05, 3.63) is 24.5 Å². The Morgan fingerprint density at radius 2 is 2.44 bits per heavy atom. The number of rotatable bonds is 4. The first-order valence-corrected chi connectivity index (χ1v) is 7.19. The zero-order valence-corrected chi connectivity index (χ0v) is 11.7. The highest BCUT2D eigenvalue weighted by Gasteiger charge is 2.30. The average Bonchev–Trinajstić information content (AvgIpc) is 2.74. The summed E-state index contributed by atoms with van der Waals surface area (Å²) in [5.41, 5.74) is 2.02. The second-order valence-corrected chi connectivity index (χ2v) is 5.95. The standard InChI is InChI=1S/C13H19N3OS/c1-10(2)9-18-12-5-4-6-16(13(12)17)11-7-14-15(3)8-11/h7-8,12H,1,4-6,9H2,2-3H3/t12-/m1/s1. The van der Waals surface area contributed by atoms with Gasteiger partial charge < -0.3 is 4.90 Å². The van der Waals surface area contributed by atoms with Crippen molar-refractivity contribution in [2.45, 2.75) is 25.0 Å². The summed E-state index contributed by atoms with van der Waals surface area (Å²) in [5, 5.41) is 4.19. The molecular formula is C13H19N3OS. The van der Waals surface area contributed by atoms with E-state index >= 15 is 0 Å². The largest absolute Gasteiger partial charge is 0.309 e. The monoisotopic (exact) mass is 265 g/mol. The van der Waals surface area contributed by atoms with Crippen LogP contribution in [0.5, 0.6) is 0 Å². The number of carbonyl (C=O) groups is 1. The van der Waals surface area contributed by atoms with Crippen LogP contribution in [-0.2, 0) is 11.8 Å². The molecule has 1 saturated heterocycles. The highest BCUT2D eigenvalue weighted by Crippen LogP contribution is 2.28. The SMILES string of the molecule is C=C(C)CS[C@@H]1CCCN(c2cnn(C)c2)C1=O. The topological polar surface area (TPSA) is 38.1 Å². The highest BCUT2D eigenvalue weighted by molar-refractivity contribution is 8.00. The van der Waals surface area contributed by atoms with Crippen LogP contribution >= 0.6 is 11.8 Å². The van der Waals surface area contributed by atoms with Gasteiger partial charge in [0.1, 0.15) is 0 Å². The normalized spacial score (nSPS) is 20.2. The van der Waals surface area contributed by atoms with E-state index in [1.807, 2.05) is 25.1 Å². The maximum Gasteiger partial charge on any atom is 0.240 e. The van der Waals surface area contributed by atoms with Gasteiger partial charge in [-0.25, -0.2) is 0 Å². The molecule has 1 aliphatic heterocycles. The number of aryl methyl sites for hydroxylation is 1. The van der Waals surface area contributed by atoms with Gasteiger partial charge in [0.15, 0.2) is 0 Å². The van der Waals surface area contributed by atoms with Crippen LogP contribution in [0.15, 0.2) is 24.5 Å². The summed E-state index contributed by atoms with van der Waals surface area (Å²) in [5.74, 6) is 1.07. The third-order valence-electron chi connectivity index (χ3n) is 2.92. The molecule has 1 aromatic rings. The van der Waals surface area contributed by atoms with E-state index in [-0.39, 0.29) is 11.2 Å². The number of thioether (sulfide) groups is 1. The van der Waals surface area contributed by atoms with Gasteiger partial charge >= 0.3 is 0 Å². The van der Waals surface area contributed by atoms with Crippen molar-refractivity contribution < 1.29 is 4.79 Å². The Balaban J connectivity index is 2.04. The first kappa shape index (κ1) is 13.2. The number of amides is 1. The zero-order valence-electron chi connectivity index (χ0n) is 10.9. The molecule has 0 aromatic carbocycles. The van der Waals surface area contributed by atoms with Gasteiger partial charge in [-0.15, -0.1) is 11.8 Å². The summed E-state index contributed by atoms with van der Waals surface area (Å²) in [6.07, 6.45) is 5.66. The predicted molar refractivity (Wildman–Crippen MR) is 75.9 cm³/mol. The van der Waals surface area contributed by atoms with Gasteiger partial charge in [-0.2, -0.15) is 5.10 Å². The molecule has 1 fully saturated rings. The van der Waals surface area contributed by atoms with Crippen LogP contribution in [-0.4, -0.2) is 33.2 Å². The number of piperidine rings is 1. The van der Waals surface area contributed by atoms with Crippen molar-refractivity contribution >= 4 is 23.4 Å². The van der Waals surface area contributed by atoms with Crippen molar-refractivity contribution in [3.63, 3.8) is 0 Å². The molecule has 0 bridgehead atoms. The quantitative estimate of drug-likeness (QED) is 0.784. The molecule has 2 heterocycles. The molecule has 1 aliphatic rings. The Kier molecular flexibility index (Phi) is 4.11. The van der Waals surface area contributed by atoms with Crippen LogP contribution in [0, 0.1) is 0 Å². The molecule has 0 unspecified atom stereocenters. The summed E-state index contributed by atoms with van der Waals surface area (Å²) in [6, 6.07) is 0. The van der Waals surface area contributed by atoms with E-state index < -0.39 is 0 Å². The molecule has 0 N–H and O–H groups in total. The van der Waals surface area contributed by atoms with E-state index in [2.05, 4.69) is 11.7 Å². The van der Waals surface area contributed by atoms with Crippen molar-refractivity contribution in [2.75, 3.05) is 17.2 Å². The van der Waals surface area contributed by atoms with Crippen molar-refractivity contribution in [3.8, 4) is 0 Å². The van der Waals surface area contributed by atoms with Crippen LogP contribution in [0.2, 0.25) is 0 Å². The lowest BCUT2D eigenvalue weighted by Gasteiger charge is -2.31.